The Hall–Kier alpha value is -1.68. The van der Waals surface area contributed by atoms with Crippen molar-refractivity contribution in [2.75, 3.05) is 13.2 Å². The number of carbonyl (C=O) groups is 2. The van der Waals surface area contributed by atoms with Crippen LogP contribution in [-0.2, 0) is 33.9 Å². The van der Waals surface area contributed by atoms with Crippen molar-refractivity contribution in [2.24, 2.45) is 23.2 Å². The summed E-state index contributed by atoms with van der Waals surface area (Å²) in [6, 6.07) is 0. The summed E-state index contributed by atoms with van der Waals surface area (Å²) in [6.07, 6.45) is -4.83. The van der Waals surface area contributed by atoms with Crippen LogP contribution in [0.2, 0.25) is 0 Å². The molecule has 38 heavy (non-hydrogen) atoms. The first-order valence-electron chi connectivity index (χ1n) is 12.1. The molecule has 0 aromatic carbocycles. The predicted molar refractivity (Wildman–Crippen MR) is 113 cm³/mol. The zero-order chi connectivity index (χ0) is 28.8. The Morgan fingerprint density at radius 3 is 1.84 bits per heavy atom. The van der Waals surface area contributed by atoms with Crippen LogP contribution >= 0.6 is 0 Å². The molecular weight excluding hydrogens is 557 g/mol. The number of esters is 2. The van der Waals surface area contributed by atoms with Gasteiger partial charge in [0.25, 0.3) is 0 Å². The van der Waals surface area contributed by atoms with E-state index >= 15 is 0 Å². The van der Waals surface area contributed by atoms with Gasteiger partial charge in [-0.05, 0) is 62.7 Å². The summed E-state index contributed by atoms with van der Waals surface area (Å²) < 4.78 is 141. The SMILES string of the molecule is CCCCOC(=O)C(OCCC(F)(F)C(F)(F)S(=O)(=O)O)(OC(=O)C12CC3CC(CC(C3)C1)C2)C(F)(F)F. The van der Waals surface area contributed by atoms with Crippen LogP contribution in [0.15, 0.2) is 0 Å². The Labute approximate surface area is 214 Å². The molecule has 0 aromatic heterocycles. The van der Waals surface area contributed by atoms with Crippen molar-refractivity contribution >= 4 is 22.1 Å². The molecule has 0 saturated heterocycles. The molecular formula is C22H29F7O8S. The molecule has 4 aliphatic rings. The standard InChI is InChI=1S/C22H29F7O8S/c1-2-3-5-35-17(31)20(21(25,26)27,36-6-4-19(23,24)22(28,29)38(32,33)34)37-16(30)18-10-13-7-14(11-18)9-15(8-13)12-18/h13-15H,2-12H2,1H3,(H,32,33,34). The van der Waals surface area contributed by atoms with Crippen molar-refractivity contribution < 1.29 is 67.5 Å². The number of unbranched alkanes of at least 4 members (excludes halogenated alkanes) is 1. The lowest BCUT2D eigenvalue weighted by atomic mass is 9.49. The molecule has 220 valence electrons. The van der Waals surface area contributed by atoms with E-state index in [0.717, 1.165) is 19.3 Å². The minimum Gasteiger partial charge on any atom is -0.461 e. The third kappa shape index (κ3) is 5.62. The van der Waals surface area contributed by atoms with Crippen LogP contribution in [0.1, 0.15) is 64.7 Å². The van der Waals surface area contributed by atoms with E-state index in [0.29, 0.717) is 6.42 Å². The quantitative estimate of drug-likeness (QED) is 0.113. The van der Waals surface area contributed by atoms with Gasteiger partial charge in [-0.15, -0.1) is 0 Å². The Kier molecular flexibility index (Phi) is 8.43. The van der Waals surface area contributed by atoms with Gasteiger partial charge < -0.3 is 14.2 Å². The van der Waals surface area contributed by atoms with Gasteiger partial charge >= 0.3 is 45.2 Å². The highest BCUT2D eigenvalue weighted by Gasteiger charge is 2.71. The van der Waals surface area contributed by atoms with Gasteiger partial charge in [-0.3, -0.25) is 9.35 Å². The molecule has 0 radical (unpaired) electrons. The van der Waals surface area contributed by atoms with Crippen LogP contribution in [0.3, 0.4) is 0 Å². The Morgan fingerprint density at radius 2 is 1.42 bits per heavy atom. The Morgan fingerprint density at radius 1 is 0.921 bits per heavy atom. The number of hydrogen-bond donors (Lipinski definition) is 1. The van der Waals surface area contributed by atoms with Crippen LogP contribution in [0.5, 0.6) is 0 Å². The zero-order valence-corrected chi connectivity index (χ0v) is 21.2. The lowest BCUT2D eigenvalue weighted by Gasteiger charge is -2.55. The molecule has 1 N–H and O–H groups in total. The minimum atomic E-state index is -6.67. The van der Waals surface area contributed by atoms with Crippen molar-refractivity contribution in [3.63, 3.8) is 0 Å². The second-order valence-corrected chi connectivity index (χ2v) is 11.9. The molecule has 0 aromatic rings. The smallest absolute Gasteiger partial charge is 0.461 e. The summed E-state index contributed by atoms with van der Waals surface area (Å²) in [7, 11) is -6.67. The van der Waals surface area contributed by atoms with Crippen LogP contribution < -0.4 is 0 Å². The van der Waals surface area contributed by atoms with Gasteiger partial charge in [-0.2, -0.15) is 39.2 Å². The van der Waals surface area contributed by atoms with Crippen molar-refractivity contribution in [2.45, 2.75) is 87.9 Å². The molecule has 16 heteroatoms. The monoisotopic (exact) mass is 586 g/mol. The number of rotatable bonds is 12. The van der Waals surface area contributed by atoms with E-state index in [4.69, 9.17) is 4.55 Å². The average molecular weight is 587 g/mol. The number of hydrogen-bond acceptors (Lipinski definition) is 7. The first-order chi connectivity index (χ1) is 17.3. The highest BCUT2D eigenvalue weighted by molar-refractivity contribution is 7.87. The fourth-order valence-corrected chi connectivity index (χ4v) is 6.53. The summed E-state index contributed by atoms with van der Waals surface area (Å²) in [5, 5.41) is -6.08. The second-order valence-electron chi connectivity index (χ2n) is 10.5. The van der Waals surface area contributed by atoms with Gasteiger partial charge in [0, 0.05) is 6.42 Å². The van der Waals surface area contributed by atoms with Crippen molar-refractivity contribution in [3.8, 4) is 0 Å². The molecule has 1 unspecified atom stereocenters. The van der Waals surface area contributed by atoms with E-state index in [9.17, 15) is 48.7 Å². The highest BCUT2D eigenvalue weighted by Crippen LogP contribution is 2.61. The molecule has 8 nitrogen and oxygen atoms in total. The summed E-state index contributed by atoms with van der Waals surface area (Å²) >= 11 is 0. The van der Waals surface area contributed by atoms with E-state index < -0.39 is 70.2 Å². The van der Waals surface area contributed by atoms with Crippen molar-refractivity contribution in [3.05, 3.63) is 0 Å². The van der Waals surface area contributed by atoms with Crippen LogP contribution in [0, 0.1) is 23.2 Å². The lowest BCUT2D eigenvalue weighted by Crippen LogP contribution is -2.61. The molecule has 0 spiro atoms. The molecule has 4 rings (SSSR count). The van der Waals surface area contributed by atoms with E-state index in [2.05, 4.69) is 14.2 Å². The highest BCUT2D eigenvalue weighted by atomic mass is 32.2. The third-order valence-electron chi connectivity index (χ3n) is 7.55. The molecule has 0 heterocycles. The van der Waals surface area contributed by atoms with Gasteiger partial charge in [0.05, 0.1) is 18.6 Å². The number of alkyl halides is 7. The molecule has 4 fully saturated rings. The fourth-order valence-electron chi connectivity index (χ4n) is 6.05. The number of halogens is 7. The topological polar surface area (TPSA) is 116 Å². The number of carbonyl (C=O) groups excluding carboxylic acids is 2. The Balaban J connectivity index is 1.89. The zero-order valence-electron chi connectivity index (χ0n) is 20.4. The van der Waals surface area contributed by atoms with Crippen molar-refractivity contribution in [1.82, 2.24) is 0 Å². The molecule has 4 bridgehead atoms. The third-order valence-corrected chi connectivity index (χ3v) is 8.50. The van der Waals surface area contributed by atoms with Gasteiger partial charge in [-0.25, -0.2) is 4.79 Å². The van der Waals surface area contributed by atoms with Crippen LogP contribution in [0.25, 0.3) is 0 Å². The summed E-state index contributed by atoms with van der Waals surface area (Å²) in [5.41, 5.74) is -1.36. The van der Waals surface area contributed by atoms with Crippen molar-refractivity contribution in [1.29, 1.82) is 0 Å². The first-order valence-corrected chi connectivity index (χ1v) is 13.6. The summed E-state index contributed by atoms with van der Waals surface area (Å²) in [5.74, 6) is -13.7. The summed E-state index contributed by atoms with van der Waals surface area (Å²) in [6.45, 7) is -0.983. The molecule has 0 amide bonds. The molecule has 1 atom stereocenters. The van der Waals surface area contributed by atoms with E-state index in [-0.39, 0.29) is 43.4 Å². The molecule has 4 aliphatic carbocycles. The van der Waals surface area contributed by atoms with E-state index in [1.165, 1.54) is 0 Å². The molecule has 4 saturated carbocycles. The van der Waals surface area contributed by atoms with Gasteiger partial charge in [0.1, 0.15) is 0 Å². The second kappa shape index (κ2) is 10.4. The largest absolute Gasteiger partial charge is 0.468 e. The fraction of sp³-hybridized carbons (Fsp3) is 0.909. The van der Waals surface area contributed by atoms with E-state index in [1.807, 2.05) is 0 Å². The first kappa shape index (κ1) is 30.9. The molecule has 0 aliphatic heterocycles. The van der Waals surface area contributed by atoms with Gasteiger partial charge in [-0.1, -0.05) is 13.3 Å². The van der Waals surface area contributed by atoms with Gasteiger partial charge in [0.15, 0.2) is 0 Å². The maximum absolute atomic E-state index is 14.3. The van der Waals surface area contributed by atoms with E-state index in [1.54, 1.807) is 6.92 Å². The van der Waals surface area contributed by atoms with Gasteiger partial charge in [0.2, 0.25) is 0 Å². The van der Waals surface area contributed by atoms with Crippen LogP contribution in [0.4, 0.5) is 30.7 Å². The Bertz CT molecular complexity index is 978. The predicted octanol–water partition coefficient (Wildman–Crippen LogP) is 4.87. The number of ether oxygens (including phenoxy) is 3. The van der Waals surface area contributed by atoms with Crippen LogP contribution in [-0.4, -0.2) is 61.3 Å². The minimum absolute atomic E-state index is 0.0628. The normalized spacial score (nSPS) is 29.1. The average Bonchev–Trinajstić information content (AvgIpc) is 2.75. The summed E-state index contributed by atoms with van der Waals surface area (Å²) in [4.78, 5) is 25.9. The lowest BCUT2D eigenvalue weighted by molar-refractivity contribution is -0.361. The maximum atomic E-state index is 14.3. The maximum Gasteiger partial charge on any atom is 0.468 e.